The van der Waals surface area contributed by atoms with Gasteiger partial charge in [0.2, 0.25) is 0 Å². The molecular formula is C15H17N3O6. The highest BCUT2D eigenvalue weighted by molar-refractivity contribution is 6.04. The van der Waals surface area contributed by atoms with Crippen LogP contribution < -0.4 is 16.0 Å². The van der Waals surface area contributed by atoms with Crippen molar-refractivity contribution in [3.8, 4) is 5.75 Å². The largest absolute Gasteiger partial charge is 0.493 e. The quantitative estimate of drug-likeness (QED) is 0.798. The van der Waals surface area contributed by atoms with Crippen LogP contribution in [0.25, 0.3) is 5.52 Å². The van der Waals surface area contributed by atoms with Gasteiger partial charge < -0.3 is 9.47 Å². The number of carbonyl (C=O) groups is 2. The highest BCUT2D eigenvalue weighted by Crippen LogP contribution is 2.30. The second kappa shape index (κ2) is 5.08. The lowest BCUT2D eigenvalue weighted by atomic mass is 9.97. The molecular weight excluding hydrogens is 318 g/mol. The van der Waals surface area contributed by atoms with Crippen molar-refractivity contribution in [2.24, 2.45) is 5.41 Å². The predicted molar refractivity (Wildman–Crippen MR) is 82.6 cm³/mol. The minimum Gasteiger partial charge on any atom is -0.493 e. The van der Waals surface area contributed by atoms with Crippen molar-refractivity contribution in [1.82, 2.24) is 14.2 Å². The maximum atomic E-state index is 12.7. The minimum atomic E-state index is -1.24. The Bertz CT molecular complexity index is 972. The van der Waals surface area contributed by atoms with Gasteiger partial charge in [-0.3, -0.25) is 14.4 Å². The third-order valence-electron chi connectivity index (χ3n) is 3.88. The van der Waals surface area contributed by atoms with Crippen LogP contribution in [-0.4, -0.2) is 39.7 Å². The Morgan fingerprint density at radius 2 is 1.96 bits per heavy atom. The second-order valence-electron chi connectivity index (χ2n) is 6.62. The molecule has 2 aromatic heterocycles. The summed E-state index contributed by atoms with van der Waals surface area (Å²) >= 11 is 0. The standard InChI is InChI=1S/C15H17N3O6/c1-15(2,3)13(21)24-6-8-10(19)7-5-17-9(11(7)23-4)12(20)18(8)14(22)16-17/h5,8H,6H2,1-4H3,(H,16,22). The smallest absolute Gasteiger partial charge is 0.344 e. The van der Waals surface area contributed by atoms with Gasteiger partial charge in [-0.1, -0.05) is 0 Å². The molecule has 24 heavy (non-hydrogen) atoms. The van der Waals surface area contributed by atoms with Gasteiger partial charge in [-0.15, -0.1) is 0 Å². The Hall–Kier alpha value is -2.84. The van der Waals surface area contributed by atoms with Crippen LogP contribution in [0.5, 0.6) is 5.75 Å². The second-order valence-corrected chi connectivity index (χ2v) is 6.62. The van der Waals surface area contributed by atoms with Crippen LogP contribution in [0, 0.1) is 5.41 Å². The Labute approximate surface area is 135 Å². The van der Waals surface area contributed by atoms with E-state index in [-0.39, 0.29) is 16.8 Å². The Balaban J connectivity index is 2.12. The van der Waals surface area contributed by atoms with E-state index in [2.05, 4.69) is 5.10 Å². The topological polar surface area (TPSA) is 112 Å². The van der Waals surface area contributed by atoms with Crippen LogP contribution in [0.2, 0.25) is 0 Å². The fourth-order valence-corrected chi connectivity index (χ4v) is 2.62. The van der Waals surface area contributed by atoms with Crippen LogP contribution >= 0.6 is 0 Å². The minimum absolute atomic E-state index is 0.0603. The average molecular weight is 335 g/mol. The molecule has 1 aliphatic heterocycles. The van der Waals surface area contributed by atoms with Gasteiger partial charge in [0.25, 0.3) is 5.56 Å². The van der Waals surface area contributed by atoms with Gasteiger partial charge in [-0.05, 0) is 20.8 Å². The summed E-state index contributed by atoms with van der Waals surface area (Å²) in [6.07, 6.45) is 1.33. The molecule has 0 radical (unpaired) electrons. The number of carbonyl (C=O) groups excluding carboxylic acids is 2. The van der Waals surface area contributed by atoms with E-state index >= 15 is 0 Å². The van der Waals surface area contributed by atoms with Gasteiger partial charge in [-0.25, -0.2) is 19.0 Å². The molecule has 3 heterocycles. The molecule has 9 nitrogen and oxygen atoms in total. The van der Waals surface area contributed by atoms with Crippen LogP contribution in [0.1, 0.15) is 37.2 Å². The van der Waals surface area contributed by atoms with Gasteiger partial charge in [-0.2, -0.15) is 0 Å². The van der Waals surface area contributed by atoms with Crippen molar-refractivity contribution in [2.45, 2.75) is 26.8 Å². The number of aromatic amines is 1. The van der Waals surface area contributed by atoms with E-state index in [0.717, 1.165) is 4.57 Å². The zero-order chi connectivity index (χ0) is 17.8. The van der Waals surface area contributed by atoms with E-state index in [4.69, 9.17) is 9.47 Å². The number of hydrogen-bond donors (Lipinski definition) is 1. The first-order chi connectivity index (χ1) is 11.2. The number of esters is 1. The Morgan fingerprint density at radius 1 is 1.29 bits per heavy atom. The molecule has 1 N–H and O–H groups in total. The molecule has 0 fully saturated rings. The van der Waals surface area contributed by atoms with Gasteiger partial charge in [0.1, 0.15) is 12.6 Å². The molecule has 0 saturated heterocycles. The van der Waals surface area contributed by atoms with Crippen LogP contribution in [0.4, 0.5) is 0 Å². The monoisotopic (exact) mass is 335 g/mol. The van der Waals surface area contributed by atoms with E-state index < -0.39 is 41.1 Å². The van der Waals surface area contributed by atoms with E-state index in [9.17, 15) is 19.2 Å². The molecule has 2 aromatic rings. The first-order valence-electron chi connectivity index (χ1n) is 7.32. The lowest BCUT2D eigenvalue weighted by Crippen LogP contribution is -2.44. The number of H-pyrrole nitrogens is 1. The first kappa shape index (κ1) is 16.0. The van der Waals surface area contributed by atoms with Crippen molar-refractivity contribution in [3.05, 3.63) is 32.6 Å². The predicted octanol–water partition coefficient (Wildman–Crippen LogP) is 0.125. The molecule has 0 amide bonds. The van der Waals surface area contributed by atoms with Crippen LogP contribution in [0.3, 0.4) is 0 Å². The highest BCUT2D eigenvalue weighted by Gasteiger charge is 2.37. The lowest BCUT2D eigenvalue weighted by molar-refractivity contribution is -0.153. The number of Topliss-reactive ketones (excluding diaryl/α,β-unsaturated/α-hetero) is 1. The van der Waals surface area contributed by atoms with Crippen molar-refractivity contribution in [2.75, 3.05) is 13.7 Å². The van der Waals surface area contributed by atoms with E-state index in [1.54, 1.807) is 20.8 Å². The number of ether oxygens (including phenoxy) is 2. The molecule has 9 heteroatoms. The number of rotatable bonds is 3. The summed E-state index contributed by atoms with van der Waals surface area (Å²) in [5, 5.41) is 2.47. The normalized spacial score (nSPS) is 16.7. The van der Waals surface area contributed by atoms with Gasteiger partial charge in [0.05, 0.1) is 18.1 Å². The Kier molecular flexibility index (Phi) is 3.40. The van der Waals surface area contributed by atoms with Crippen molar-refractivity contribution < 1.29 is 19.1 Å². The molecule has 3 rings (SSSR count). The third kappa shape index (κ3) is 2.15. The number of nitrogens with zero attached hydrogens (tertiary/aromatic N) is 2. The van der Waals surface area contributed by atoms with E-state index in [0.29, 0.717) is 0 Å². The average Bonchev–Trinajstić information content (AvgIpc) is 2.83. The SMILES string of the molecule is COc1c2cn3[nH]c(=O)n(c(=O)c13)C(COC(=O)C(C)(C)C)C2=O. The fourth-order valence-electron chi connectivity index (χ4n) is 2.62. The zero-order valence-corrected chi connectivity index (χ0v) is 13.7. The maximum absolute atomic E-state index is 12.7. The number of fused-ring (bicyclic) bond motifs is 2. The van der Waals surface area contributed by atoms with E-state index in [1.807, 2.05) is 0 Å². The molecule has 0 aromatic carbocycles. The molecule has 1 aliphatic rings. The number of ketones is 1. The Morgan fingerprint density at radius 3 is 2.54 bits per heavy atom. The molecule has 0 aliphatic carbocycles. The zero-order valence-electron chi connectivity index (χ0n) is 13.7. The molecule has 1 atom stereocenters. The number of methoxy groups -OCH3 is 1. The molecule has 0 spiro atoms. The molecule has 0 saturated carbocycles. The van der Waals surface area contributed by atoms with Crippen LogP contribution in [-0.2, 0) is 9.53 Å². The summed E-state index contributed by atoms with van der Waals surface area (Å²) in [6.45, 7) is 4.59. The van der Waals surface area contributed by atoms with Gasteiger partial charge in [0.15, 0.2) is 17.0 Å². The summed E-state index contributed by atoms with van der Waals surface area (Å²) in [4.78, 5) is 49.5. The van der Waals surface area contributed by atoms with Crippen molar-refractivity contribution in [1.29, 1.82) is 0 Å². The number of nitrogens with one attached hydrogen (secondary N) is 1. The summed E-state index contributed by atoms with van der Waals surface area (Å²) in [5.74, 6) is -0.956. The van der Waals surface area contributed by atoms with Gasteiger partial charge in [0, 0.05) is 6.20 Å². The number of hydrogen-bond acceptors (Lipinski definition) is 6. The summed E-state index contributed by atoms with van der Waals surface area (Å²) in [7, 11) is 1.33. The summed E-state index contributed by atoms with van der Waals surface area (Å²) in [6, 6.07) is -1.24. The van der Waals surface area contributed by atoms with Crippen molar-refractivity contribution in [3.63, 3.8) is 0 Å². The molecule has 3 bridgehead atoms. The third-order valence-corrected chi connectivity index (χ3v) is 3.88. The number of aromatic nitrogens is 3. The fraction of sp³-hybridized carbons (Fsp3) is 0.467. The molecule has 1 unspecified atom stereocenters. The first-order valence-corrected chi connectivity index (χ1v) is 7.32. The summed E-state index contributed by atoms with van der Waals surface area (Å²) in [5.41, 5.74) is -1.99. The van der Waals surface area contributed by atoms with Crippen molar-refractivity contribution >= 4 is 17.3 Å². The lowest BCUT2D eigenvalue weighted by Gasteiger charge is -2.21. The summed E-state index contributed by atoms with van der Waals surface area (Å²) < 4.78 is 12.3. The molecule has 128 valence electrons. The maximum Gasteiger partial charge on any atom is 0.344 e. The highest BCUT2D eigenvalue weighted by atomic mass is 16.5. The van der Waals surface area contributed by atoms with E-state index in [1.165, 1.54) is 17.8 Å². The van der Waals surface area contributed by atoms with Crippen LogP contribution in [0.15, 0.2) is 15.8 Å². The van der Waals surface area contributed by atoms with Gasteiger partial charge >= 0.3 is 11.7 Å².